The van der Waals surface area contributed by atoms with E-state index in [1.54, 1.807) is 12.3 Å². The lowest BCUT2D eigenvalue weighted by Crippen LogP contribution is -2.34. The van der Waals surface area contributed by atoms with Crippen LogP contribution in [0.5, 0.6) is 0 Å². The van der Waals surface area contributed by atoms with Crippen molar-refractivity contribution < 1.29 is 5.11 Å². The minimum absolute atomic E-state index is 0.481. The quantitative estimate of drug-likeness (QED) is 0.794. The van der Waals surface area contributed by atoms with Crippen LogP contribution >= 0.6 is 11.6 Å². The molecule has 2 bridgehead atoms. The van der Waals surface area contributed by atoms with Crippen molar-refractivity contribution in [2.45, 2.75) is 49.8 Å². The van der Waals surface area contributed by atoms with E-state index in [0.29, 0.717) is 17.2 Å². The maximum Gasteiger partial charge on any atom is 0.129 e. The second-order valence-corrected chi connectivity index (χ2v) is 6.08. The Bertz CT molecular complexity index is 436. The highest BCUT2D eigenvalue weighted by Gasteiger charge is 2.42. The first-order valence-corrected chi connectivity index (χ1v) is 7.03. The summed E-state index contributed by atoms with van der Waals surface area (Å²) in [7, 11) is 2.19. The van der Waals surface area contributed by atoms with Crippen LogP contribution < -0.4 is 0 Å². The van der Waals surface area contributed by atoms with Crippen LogP contribution in [-0.4, -0.2) is 34.1 Å². The van der Waals surface area contributed by atoms with Gasteiger partial charge < -0.3 is 10.0 Å². The van der Waals surface area contributed by atoms with Gasteiger partial charge in [-0.25, -0.2) is 4.98 Å². The Labute approximate surface area is 113 Å². The van der Waals surface area contributed by atoms with Crippen LogP contribution in [0.1, 0.15) is 37.7 Å². The molecule has 0 amide bonds. The van der Waals surface area contributed by atoms with Gasteiger partial charge in [-0.3, -0.25) is 0 Å². The fraction of sp³-hybridized carbons (Fsp3) is 0.643. The van der Waals surface area contributed by atoms with Crippen molar-refractivity contribution in [3.8, 4) is 0 Å². The number of hydrogen-bond acceptors (Lipinski definition) is 3. The Kier molecular flexibility index (Phi) is 3.08. The van der Waals surface area contributed by atoms with Gasteiger partial charge in [0.1, 0.15) is 5.15 Å². The van der Waals surface area contributed by atoms with Crippen molar-refractivity contribution >= 4 is 11.6 Å². The van der Waals surface area contributed by atoms with Gasteiger partial charge in [0, 0.05) is 23.8 Å². The van der Waals surface area contributed by atoms with Gasteiger partial charge in [0.05, 0.1) is 5.60 Å². The molecule has 18 heavy (non-hydrogen) atoms. The van der Waals surface area contributed by atoms with Gasteiger partial charge >= 0.3 is 0 Å². The monoisotopic (exact) mass is 266 g/mol. The Hall–Kier alpha value is -0.640. The van der Waals surface area contributed by atoms with Gasteiger partial charge in [-0.15, -0.1) is 0 Å². The second kappa shape index (κ2) is 4.48. The Balaban J connectivity index is 1.88. The van der Waals surface area contributed by atoms with Crippen molar-refractivity contribution in [2.24, 2.45) is 0 Å². The molecule has 2 saturated heterocycles. The predicted molar refractivity (Wildman–Crippen MR) is 71.6 cm³/mol. The molecule has 2 aliphatic heterocycles. The third-order valence-corrected chi connectivity index (χ3v) is 4.94. The van der Waals surface area contributed by atoms with Crippen LogP contribution in [0.25, 0.3) is 0 Å². The third kappa shape index (κ3) is 2.04. The summed E-state index contributed by atoms with van der Waals surface area (Å²) in [5.74, 6) is 0. The number of nitrogens with zero attached hydrogens (tertiary/aromatic N) is 2. The molecule has 0 spiro atoms. The number of halogens is 1. The topological polar surface area (TPSA) is 36.4 Å². The number of rotatable bonds is 1. The molecule has 3 nitrogen and oxygen atoms in total. The Morgan fingerprint density at radius 2 is 2.11 bits per heavy atom. The predicted octanol–water partition coefficient (Wildman–Crippen LogP) is 2.57. The molecule has 1 aromatic rings. The molecule has 1 N–H and O–H groups in total. The van der Waals surface area contributed by atoms with Gasteiger partial charge in [-0.2, -0.15) is 0 Å². The summed E-state index contributed by atoms with van der Waals surface area (Å²) >= 11 is 5.81. The first-order chi connectivity index (χ1) is 8.58. The van der Waals surface area contributed by atoms with E-state index in [4.69, 9.17) is 11.6 Å². The highest BCUT2D eigenvalue weighted by molar-refractivity contribution is 6.29. The van der Waals surface area contributed by atoms with E-state index in [9.17, 15) is 5.11 Å². The summed E-state index contributed by atoms with van der Waals surface area (Å²) in [6, 6.07) is 4.82. The first-order valence-electron chi connectivity index (χ1n) is 6.65. The highest BCUT2D eigenvalue weighted by Crippen LogP contribution is 2.42. The van der Waals surface area contributed by atoms with Crippen LogP contribution in [0.4, 0.5) is 0 Å². The van der Waals surface area contributed by atoms with Crippen molar-refractivity contribution in [1.82, 2.24) is 9.88 Å². The molecule has 0 unspecified atom stereocenters. The Morgan fingerprint density at radius 1 is 1.33 bits per heavy atom. The molecule has 0 aromatic carbocycles. The average molecular weight is 267 g/mol. The zero-order valence-electron chi connectivity index (χ0n) is 10.6. The van der Waals surface area contributed by atoms with E-state index in [1.807, 2.05) is 6.07 Å². The van der Waals surface area contributed by atoms with Crippen molar-refractivity contribution in [2.75, 3.05) is 7.05 Å². The zero-order chi connectivity index (χ0) is 12.8. The van der Waals surface area contributed by atoms with Crippen molar-refractivity contribution in [3.63, 3.8) is 0 Å². The van der Waals surface area contributed by atoms with Gasteiger partial charge in [0.25, 0.3) is 0 Å². The highest BCUT2D eigenvalue weighted by atomic mass is 35.5. The summed E-state index contributed by atoms with van der Waals surface area (Å²) < 4.78 is 0. The smallest absolute Gasteiger partial charge is 0.129 e. The van der Waals surface area contributed by atoms with Crippen LogP contribution in [0.3, 0.4) is 0 Å². The molecule has 0 radical (unpaired) electrons. The van der Waals surface area contributed by atoms with Gasteiger partial charge in [0.2, 0.25) is 0 Å². The van der Waals surface area contributed by atoms with Gasteiger partial charge in [-0.05, 0) is 45.2 Å². The minimum Gasteiger partial charge on any atom is -0.385 e. The molecule has 3 heterocycles. The maximum atomic E-state index is 10.9. The molecular weight excluding hydrogens is 248 g/mol. The lowest BCUT2D eigenvalue weighted by molar-refractivity contribution is 0.00883. The number of aliphatic hydroxyl groups is 1. The fourth-order valence-electron chi connectivity index (χ4n) is 3.49. The van der Waals surface area contributed by atoms with Crippen LogP contribution in [-0.2, 0) is 5.60 Å². The average Bonchev–Trinajstić information content (AvgIpc) is 2.61. The van der Waals surface area contributed by atoms with E-state index in [0.717, 1.165) is 24.8 Å². The molecule has 3 atom stereocenters. The largest absolute Gasteiger partial charge is 0.385 e. The van der Waals surface area contributed by atoms with E-state index < -0.39 is 5.60 Å². The second-order valence-electron chi connectivity index (χ2n) is 5.69. The maximum absolute atomic E-state index is 10.9. The number of pyridine rings is 1. The van der Waals surface area contributed by atoms with Crippen molar-refractivity contribution in [1.29, 1.82) is 0 Å². The Morgan fingerprint density at radius 3 is 2.83 bits per heavy atom. The summed E-state index contributed by atoms with van der Waals surface area (Å²) in [5.41, 5.74) is 0.180. The van der Waals surface area contributed by atoms with Gasteiger partial charge in [0.15, 0.2) is 0 Å². The summed E-state index contributed by atoms with van der Waals surface area (Å²) in [6.45, 7) is 0. The fourth-order valence-corrected chi connectivity index (χ4v) is 3.61. The zero-order valence-corrected chi connectivity index (χ0v) is 11.4. The normalized spacial score (nSPS) is 36.6. The summed E-state index contributed by atoms with van der Waals surface area (Å²) in [4.78, 5) is 6.55. The van der Waals surface area contributed by atoms with E-state index >= 15 is 0 Å². The molecule has 4 heteroatoms. The minimum atomic E-state index is -0.730. The number of hydrogen-bond donors (Lipinski definition) is 1. The molecule has 2 fully saturated rings. The lowest BCUT2D eigenvalue weighted by atomic mass is 9.82. The van der Waals surface area contributed by atoms with Crippen LogP contribution in [0, 0.1) is 0 Å². The third-order valence-electron chi connectivity index (χ3n) is 4.71. The molecule has 3 rings (SSSR count). The number of aromatic nitrogens is 1. The van der Waals surface area contributed by atoms with Crippen LogP contribution in [0.2, 0.25) is 5.15 Å². The standard InChI is InChI=1S/C14H19ClN2O/c1-17-11-3-4-12(17)8-14(18,7-6-11)10-2-5-13(15)16-9-10/h2,5,9,11-12,18H,3-4,6-8H2,1H3/t11-,12-,14+/m0/s1. The van der Waals surface area contributed by atoms with E-state index in [2.05, 4.69) is 16.9 Å². The SMILES string of the molecule is CN1[C@H]2CC[C@H]1C[C@@](O)(c1ccc(Cl)nc1)CC2. The molecular formula is C14H19ClN2O. The molecule has 1 aromatic heterocycles. The van der Waals surface area contributed by atoms with E-state index in [-0.39, 0.29) is 0 Å². The van der Waals surface area contributed by atoms with E-state index in [1.165, 1.54) is 12.8 Å². The van der Waals surface area contributed by atoms with Crippen molar-refractivity contribution in [3.05, 3.63) is 29.0 Å². The summed E-state index contributed by atoms with van der Waals surface area (Å²) in [5, 5.41) is 11.4. The number of fused-ring (bicyclic) bond motifs is 2. The van der Waals surface area contributed by atoms with Crippen LogP contribution in [0.15, 0.2) is 18.3 Å². The summed E-state index contributed by atoms with van der Waals surface area (Å²) in [6.07, 6.45) is 6.89. The van der Waals surface area contributed by atoms with Gasteiger partial charge in [-0.1, -0.05) is 17.7 Å². The molecule has 0 saturated carbocycles. The molecule has 0 aliphatic carbocycles. The first kappa shape index (κ1) is 12.4. The lowest BCUT2D eigenvalue weighted by Gasteiger charge is -2.30. The molecule has 98 valence electrons. The molecule has 2 aliphatic rings.